The van der Waals surface area contributed by atoms with Crippen LogP contribution in [0.1, 0.15) is 16.1 Å². The minimum atomic E-state index is -0.632. The number of nitrogens with zero attached hydrogens (tertiary/aromatic N) is 2. The monoisotopic (exact) mass is 332 g/mol. The fourth-order valence-corrected chi connectivity index (χ4v) is 2.13. The molecule has 0 spiro atoms. The largest absolute Gasteiger partial charge is 0.454 e. The van der Waals surface area contributed by atoms with Crippen LogP contribution in [-0.4, -0.2) is 16.1 Å². The van der Waals surface area contributed by atoms with Crippen molar-refractivity contribution >= 4 is 17.6 Å². The molecular weight excluding hydrogens is 323 g/mol. The number of pyridine rings is 1. The van der Waals surface area contributed by atoms with Crippen LogP contribution in [0, 0.1) is 5.82 Å². The molecule has 7 heteroatoms. The van der Waals surface area contributed by atoms with Crippen molar-refractivity contribution in [3.63, 3.8) is 0 Å². The zero-order valence-electron chi connectivity index (χ0n) is 11.7. The summed E-state index contributed by atoms with van der Waals surface area (Å²) in [5, 5.41) is 3.83. The van der Waals surface area contributed by atoms with Gasteiger partial charge in [-0.25, -0.2) is 14.2 Å². The number of hydrogen-bond acceptors (Lipinski definition) is 5. The maximum absolute atomic E-state index is 13.7. The molecule has 3 aromatic rings. The van der Waals surface area contributed by atoms with Crippen molar-refractivity contribution in [1.29, 1.82) is 0 Å². The number of esters is 1. The lowest BCUT2D eigenvalue weighted by Crippen LogP contribution is -2.06. The third-order valence-corrected chi connectivity index (χ3v) is 3.33. The molecular formula is C16H10ClFN2O3. The van der Waals surface area contributed by atoms with Gasteiger partial charge in [-0.15, -0.1) is 0 Å². The third-order valence-electron chi connectivity index (χ3n) is 3.03. The predicted molar refractivity (Wildman–Crippen MR) is 80.3 cm³/mol. The second-order valence-corrected chi connectivity index (χ2v) is 4.93. The van der Waals surface area contributed by atoms with Gasteiger partial charge in [-0.1, -0.05) is 28.9 Å². The lowest BCUT2D eigenvalue weighted by molar-refractivity contribution is 0.0437. The van der Waals surface area contributed by atoms with Gasteiger partial charge in [0, 0.05) is 17.8 Å². The number of carbonyl (C=O) groups is 1. The van der Waals surface area contributed by atoms with Crippen molar-refractivity contribution in [2.45, 2.75) is 6.61 Å². The van der Waals surface area contributed by atoms with Gasteiger partial charge in [0.25, 0.3) is 0 Å². The third kappa shape index (κ3) is 3.37. The van der Waals surface area contributed by atoms with Gasteiger partial charge < -0.3 is 9.26 Å². The summed E-state index contributed by atoms with van der Waals surface area (Å²) >= 11 is 5.81. The highest BCUT2D eigenvalue weighted by molar-refractivity contribution is 6.32. The Balaban J connectivity index is 1.70. The number of benzene rings is 1. The number of ether oxygens (including phenoxy) is 1. The SMILES string of the molecule is O=C(OCc1cc(-c2ccccc2F)no1)c1cccnc1Cl. The Kier molecular flexibility index (Phi) is 4.34. The van der Waals surface area contributed by atoms with Gasteiger partial charge in [-0.2, -0.15) is 0 Å². The van der Waals surface area contributed by atoms with Crippen molar-refractivity contribution in [1.82, 2.24) is 10.1 Å². The lowest BCUT2D eigenvalue weighted by atomic mass is 10.1. The topological polar surface area (TPSA) is 65.2 Å². The molecule has 0 radical (unpaired) electrons. The summed E-state index contributed by atoms with van der Waals surface area (Å²) in [6, 6.07) is 10.8. The molecule has 0 N–H and O–H groups in total. The van der Waals surface area contributed by atoms with Crippen LogP contribution in [0.4, 0.5) is 4.39 Å². The van der Waals surface area contributed by atoms with Gasteiger partial charge in [-0.05, 0) is 24.3 Å². The molecule has 0 fully saturated rings. The molecule has 0 bridgehead atoms. The van der Waals surface area contributed by atoms with Crippen LogP contribution in [0.2, 0.25) is 5.15 Å². The molecule has 0 saturated carbocycles. The van der Waals surface area contributed by atoms with E-state index in [2.05, 4.69) is 10.1 Å². The molecule has 0 atom stereocenters. The maximum Gasteiger partial charge on any atom is 0.341 e. The Morgan fingerprint density at radius 2 is 2.09 bits per heavy atom. The van der Waals surface area contributed by atoms with E-state index >= 15 is 0 Å². The second kappa shape index (κ2) is 6.58. The fraction of sp³-hybridized carbons (Fsp3) is 0.0625. The van der Waals surface area contributed by atoms with Crippen LogP contribution >= 0.6 is 11.6 Å². The van der Waals surface area contributed by atoms with Crippen LogP contribution in [-0.2, 0) is 11.3 Å². The van der Waals surface area contributed by atoms with E-state index in [4.69, 9.17) is 20.9 Å². The average molecular weight is 333 g/mol. The highest BCUT2D eigenvalue weighted by Gasteiger charge is 2.15. The van der Waals surface area contributed by atoms with Gasteiger partial charge in [0.15, 0.2) is 12.4 Å². The average Bonchev–Trinajstić information content (AvgIpc) is 3.02. The van der Waals surface area contributed by atoms with E-state index in [1.165, 1.54) is 24.4 Å². The molecule has 1 aromatic carbocycles. The smallest absolute Gasteiger partial charge is 0.341 e. The molecule has 0 saturated heterocycles. The molecule has 3 rings (SSSR count). The van der Waals surface area contributed by atoms with E-state index in [-0.39, 0.29) is 23.1 Å². The fourth-order valence-electron chi connectivity index (χ4n) is 1.93. The van der Waals surface area contributed by atoms with E-state index in [9.17, 15) is 9.18 Å². The second-order valence-electron chi connectivity index (χ2n) is 4.58. The Morgan fingerprint density at radius 1 is 1.26 bits per heavy atom. The first-order chi connectivity index (χ1) is 11.1. The van der Waals surface area contributed by atoms with Crippen molar-refractivity contribution < 1.29 is 18.4 Å². The molecule has 0 aliphatic heterocycles. The number of halogens is 2. The Bertz CT molecular complexity index is 851. The van der Waals surface area contributed by atoms with E-state index in [0.29, 0.717) is 11.3 Å². The van der Waals surface area contributed by atoms with E-state index < -0.39 is 11.8 Å². The van der Waals surface area contributed by atoms with Gasteiger partial charge in [0.2, 0.25) is 0 Å². The van der Waals surface area contributed by atoms with Crippen molar-refractivity contribution in [3.05, 3.63) is 71.0 Å². The van der Waals surface area contributed by atoms with Crippen LogP contribution in [0.5, 0.6) is 0 Å². The van der Waals surface area contributed by atoms with Gasteiger partial charge in [-0.3, -0.25) is 0 Å². The molecule has 0 amide bonds. The number of hydrogen-bond donors (Lipinski definition) is 0. The van der Waals surface area contributed by atoms with Crippen molar-refractivity contribution in [2.75, 3.05) is 0 Å². The van der Waals surface area contributed by atoms with Crippen molar-refractivity contribution in [2.24, 2.45) is 0 Å². The van der Waals surface area contributed by atoms with Crippen LogP contribution in [0.15, 0.2) is 53.2 Å². The Hall–Kier alpha value is -2.73. The van der Waals surface area contributed by atoms with Crippen LogP contribution < -0.4 is 0 Å². The summed E-state index contributed by atoms with van der Waals surface area (Å²) in [4.78, 5) is 15.7. The van der Waals surface area contributed by atoms with Gasteiger partial charge in [0.05, 0.1) is 5.56 Å². The molecule has 116 valence electrons. The van der Waals surface area contributed by atoms with Gasteiger partial charge in [0.1, 0.15) is 16.7 Å². The molecule has 2 heterocycles. The summed E-state index contributed by atoms with van der Waals surface area (Å²) in [5.41, 5.74) is 0.792. The first kappa shape index (κ1) is 15.2. The summed E-state index contributed by atoms with van der Waals surface area (Å²) in [6.45, 7) is -0.147. The minimum Gasteiger partial charge on any atom is -0.454 e. The zero-order valence-corrected chi connectivity index (χ0v) is 12.5. The molecule has 23 heavy (non-hydrogen) atoms. The predicted octanol–water partition coefficient (Wildman–Crippen LogP) is 3.89. The minimum absolute atomic E-state index is 0.0575. The quantitative estimate of drug-likeness (QED) is 0.535. The summed E-state index contributed by atoms with van der Waals surface area (Å²) < 4.78 is 23.8. The van der Waals surface area contributed by atoms with E-state index in [1.807, 2.05) is 0 Å². The molecule has 0 aliphatic carbocycles. The lowest BCUT2D eigenvalue weighted by Gasteiger charge is -2.03. The number of rotatable bonds is 4. The first-order valence-corrected chi connectivity index (χ1v) is 7.01. The summed E-state index contributed by atoms with van der Waals surface area (Å²) in [6.07, 6.45) is 1.47. The summed E-state index contributed by atoms with van der Waals surface area (Å²) in [7, 11) is 0. The number of carbonyl (C=O) groups excluding carboxylic acids is 1. The van der Waals surface area contributed by atoms with Crippen molar-refractivity contribution in [3.8, 4) is 11.3 Å². The Labute approximate surface area is 135 Å². The standard InChI is InChI=1S/C16H10ClFN2O3/c17-15-12(5-3-7-19-15)16(21)22-9-10-8-14(20-23-10)11-4-1-2-6-13(11)18/h1-8H,9H2. The normalized spacial score (nSPS) is 10.5. The van der Waals surface area contributed by atoms with E-state index in [0.717, 1.165) is 0 Å². The van der Waals surface area contributed by atoms with E-state index in [1.54, 1.807) is 24.3 Å². The van der Waals surface area contributed by atoms with Crippen LogP contribution in [0.3, 0.4) is 0 Å². The maximum atomic E-state index is 13.7. The highest BCUT2D eigenvalue weighted by Crippen LogP contribution is 2.22. The zero-order chi connectivity index (χ0) is 16.2. The van der Waals surface area contributed by atoms with Crippen LogP contribution in [0.25, 0.3) is 11.3 Å². The van der Waals surface area contributed by atoms with Gasteiger partial charge >= 0.3 is 5.97 Å². The first-order valence-electron chi connectivity index (χ1n) is 6.63. The molecule has 5 nitrogen and oxygen atoms in total. The molecule has 0 aliphatic rings. The Morgan fingerprint density at radius 3 is 2.87 bits per heavy atom. The molecule has 0 unspecified atom stereocenters. The summed E-state index contributed by atoms with van der Waals surface area (Å²) in [5.74, 6) is -0.755. The number of aromatic nitrogens is 2. The highest BCUT2D eigenvalue weighted by atomic mass is 35.5. The molecule has 2 aromatic heterocycles.